The second kappa shape index (κ2) is 10.7. The molecule has 1 aromatic heterocycles. The van der Waals surface area contributed by atoms with Gasteiger partial charge in [-0.15, -0.1) is 0 Å². The Kier molecular flexibility index (Phi) is 7.76. The second-order valence-electron chi connectivity index (χ2n) is 7.26. The van der Waals surface area contributed by atoms with Gasteiger partial charge >= 0.3 is 6.18 Å². The summed E-state index contributed by atoms with van der Waals surface area (Å²) in [5.74, 6) is -0.741. The summed E-state index contributed by atoms with van der Waals surface area (Å²) in [7, 11) is 0. The van der Waals surface area contributed by atoms with E-state index in [4.69, 9.17) is 9.15 Å². The lowest BCUT2D eigenvalue weighted by Crippen LogP contribution is -2.18. The number of amides is 2. The minimum atomic E-state index is -4.75. The predicted molar refractivity (Wildman–Crippen MR) is 118 cm³/mol. The van der Waals surface area contributed by atoms with Gasteiger partial charge in [-0.05, 0) is 55.0 Å². The third-order valence-electron chi connectivity index (χ3n) is 4.75. The number of hydrogen-bond donors (Lipinski definition) is 2. The Balaban J connectivity index is 1.71. The summed E-state index contributed by atoms with van der Waals surface area (Å²) in [6, 6.07) is 10.7. The van der Waals surface area contributed by atoms with Crippen LogP contribution in [-0.2, 0) is 6.18 Å². The Morgan fingerprint density at radius 2 is 1.67 bits per heavy atom. The Bertz CT molecular complexity index is 1080. The smallest absolute Gasteiger partial charge is 0.418 e. The first-order chi connectivity index (χ1) is 15.8. The quantitative estimate of drug-likeness (QED) is 0.364. The van der Waals surface area contributed by atoms with Crippen molar-refractivity contribution in [2.75, 3.05) is 17.2 Å². The largest absolute Gasteiger partial charge is 0.494 e. The maximum atomic E-state index is 13.6. The fourth-order valence-corrected chi connectivity index (χ4v) is 3.00. The average Bonchev–Trinajstić information content (AvgIpc) is 3.33. The molecule has 6 nitrogen and oxygen atoms in total. The summed E-state index contributed by atoms with van der Waals surface area (Å²) >= 11 is 0. The maximum absolute atomic E-state index is 13.6. The molecular weight excluding hydrogens is 437 g/mol. The van der Waals surface area contributed by atoms with Gasteiger partial charge in [-0.3, -0.25) is 9.59 Å². The second-order valence-corrected chi connectivity index (χ2v) is 7.26. The number of alkyl halides is 3. The number of unbranched alkanes of at least 4 members (excludes halogenated alkanes) is 2. The molecule has 174 valence electrons. The molecule has 0 spiro atoms. The van der Waals surface area contributed by atoms with Crippen molar-refractivity contribution in [2.45, 2.75) is 32.4 Å². The molecule has 0 atom stereocenters. The monoisotopic (exact) mass is 460 g/mol. The summed E-state index contributed by atoms with van der Waals surface area (Å²) in [5, 5.41) is 4.67. The molecule has 0 aliphatic heterocycles. The van der Waals surface area contributed by atoms with E-state index < -0.39 is 29.2 Å². The molecule has 1 heterocycles. The third-order valence-corrected chi connectivity index (χ3v) is 4.75. The highest BCUT2D eigenvalue weighted by Gasteiger charge is 2.34. The van der Waals surface area contributed by atoms with Crippen LogP contribution < -0.4 is 15.4 Å². The van der Waals surface area contributed by atoms with Crippen molar-refractivity contribution in [2.24, 2.45) is 0 Å². The average molecular weight is 460 g/mol. The lowest BCUT2D eigenvalue weighted by atomic mass is 10.1. The molecule has 2 amide bonds. The molecule has 3 rings (SSSR count). The summed E-state index contributed by atoms with van der Waals surface area (Å²) in [4.78, 5) is 24.6. The zero-order valence-corrected chi connectivity index (χ0v) is 17.9. The molecular formula is C24H23F3N2O4. The van der Waals surface area contributed by atoms with E-state index in [0.29, 0.717) is 12.4 Å². The molecule has 2 aromatic carbocycles. The maximum Gasteiger partial charge on any atom is 0.418 e. The van der Waals surface area contributed by atoms with Gasteiger partial charge in [0.2, 0.25) is 0 Å². The summed E-state index contributed by atoms with van der Waals surface area (Å²) in [5.41, 5.74) is -1.23. The first-order valence-corrected chi connectivity index (χ1v) is 10.4. The topological polar surface area (TPSA) is 80.6 Å². The number of carbonyl (C=O) groups excluding carboxylic acids is 2. The van der Waals surface area contributed by atoms with Gasteiger partial charge in [0, 0.05) is 11.3 Å². The lowest BCUT2D eigenvalue weighted by Gasteiger charge is -2.16. The van der Waals surface area contributed by atoms with Crippen LogP contribution >= 0.6 is 0 Å². The molecule has 9 heteroatoms. The number of halogens is 3. The SMILES string of the molecule is CCCCCOc1ccc(C(=O)Nc2ccc(NC(=O)c3ccoc3)cc2C(F)(F)F)cc1. The highest BCUT2D eigenvalue weighted by atomic mass is 19.4. The van der Waals surface area contributed by atoms with E-state index in [0.717, 1.165) is 31.4 Å². The lowest BCUT2D eigenvalue weighted by molar-refractivity contribution is -0.136. The molecule has 0 saturated heterocycles. The summed E-state index contributed by atoms with van der Waals surface area (Å²) in [6.45, 7) is 2.64. The van der Waals surface area contributed by atoms with Crippen LogP contribution in [0.2, 0.25) is 0 Å². The van der Waals surface area contributed by atoms with Crippen molar-refractivity contribution < 1.29 is 31.9 Å². The van der Waals surface area contributed by atoms with Gasteiger partial charge in [-0.1, -0.05) is 19.8 Å². The van der Waals surface area contributed by atoms with Crippen LogP contribution in [0.15, 0.2) is 65.5 Å². The van der Waals surface area contributed by atoms with Crippen LogP contribution in [0.1, 0.15) is 52.5 Å². The normalized spacial score (nSPS) is 11.2. The van der Waals surface area contributed by atoms with Crippen molar-refractivity contribution in [3.8, 4) is 5.75 Å². The Hall–Kier alpha value is -3.75. The molecule has 0 bridgehead atoms. The van der Waals surface area contributed by atoms with Crippen LogP contribution in [0.5, 0.6) is 5.75 Å². The van der Waals surface area contributed by atoms with Gasteiger partial charge in [0.05, 0.1) is 29.7 Å². The van der Waals surface area contributed by atoms with E-state index in [-0.39, 0.29) is 16.8 Å². The van der Waals surface area contributed by atoms with Crippen LogP contribution in [0, 0.1) is 0 Å². The molecule has 3 aromatic rings. The standard InChI is InChI=1S/C24H23F3N2O4/c1-2-3-4-12-33-19-8-5-16(6-9-19)22(30)29-21-10-7-18(14-20(21)24(25,26)27)28-23(31)17-11-13-32-15-17/h5-11,13-15H,2-4,12H2,1H3,(H,28,31)(H,29,30). The predicted octanol–water partition coefficient (Wildman–Crippen LogP) is 6.37. The Morgan fingerprint density at radius 3 is 2.30 bits per heavy atom. The van der Waals surface area contributed by atoms with Crippen LogP contribution in [0.4, 0.5) is 24.5 Å². The van der Waals surface area contributed by atoms with Gasteiger partial charge in [-0.2, -0.15) is 13.2 Å². The summed E-state index contributed by atoms with van der Waals surface area (Å²) < 4.78 is 51.2. The fourth-order valence-electron chi connectivity index (χ4n) is 3.00. The van der Waals surface area contributed by atoms with Gasteiger partial charge in [0.1, 0.15) is 12.0 Å². The zero-order valence-electron chi connectivity index (χ0n) is 17.9. The van der Waals surface area contributed by atoms with Crippen molar-refractivity contribution in [3.63, 3.8) is 0 Å². The number of ether oxygens (including phenoxy) is 1. The van der Waals surface area contributed by atoms with E-state index in [1.807, 2.05) is 0 Å². The van der Waals surface area contributed by atoms with E-state index in [1.54, 1.807) is 12.1 Å². The van der Waals surface area contributed by atoms with Crippen molar-refractivity contribution >= 4 is 23.2 Å². The number of anilines is 2. The van der Waals surface area contributed by atoms with E-state index >= 15 is 0 Å². The molecule has 0 fully saturated rings. The minimum absolute atomic E-state index is 0.0731. The van der Waals surface area contributed by atoms with Crippen molar-refractivity contribution in [1.82, 2.24) is 0 Å². The first kappa shape index (κ1) is 23.9. The van der Waals surface area contributed by atoms with E-state index in [1.165, 1.54) is 36.8 Å². The van der Waals surface area contributed by atoms with Gasteiger partial charge in [0.15, 0.2) is 0 Å². The number of rotatable bonds is 9. The molecule has 0 radical (unpaired) electrons. The van der Waals surface area contributed by atoms with Gasteiger partial charge in [0.25, 0.3) is 11.8 Å². The molecule has 0 unspecified atom stereocenters. The molecule has 0 aliphatic carbocycles. The zero-order chi connectivity index (χ0) is 23.8. The third kappa shape index (κ3) is 6.61. The van der Waals surface area contributed by atoms with E-state index in [9.17, 15) is 22.8 Å². The molecule has 33 heavy (non-hydrogen) atoms. The van der Waals surface area contributed by atoms with E-state index in [2.05, 4.69) is 17.6 Å². The van der Waals surface area contributed by atoms with Crippen molar-refractivity contribution in [1.29, 1.82) is 0 Å². The Morgan fingerprint density at radius 1 is 0.939 bits per heavy atom. The number of benzene rings is 2. The number of nitrogens with one attached hydrogen (secondary N) is 2. The van der Waals surface area contributed by atoms with Crippen LogP contribution in [0.25, 0.3) is 0 Å². The first-order valence-electron chi connectivity index (χ1n) is 10.4. The molecule has 0 saturated carbocycles. The van der Waals surface area contributed by atoms with Crippen molar-refractivity contribution in [3.05, 3.63) is 77.7 Å². The van der Waals surface area contributed by atoms with Crippen LogP contribution in [0.3, 0.4) is 0 Å². The molecule has 0 aliphatic rings. The highest BCUT2D eigenvalue weighted by molar-refractivity contribution is 6.06. The fraction of sp³-hybridized carbons (Fsp3) is 0.250. The van der Waals surface area contributed by atoms with Crippen LogP contribution in [-0.4, -0.2) is 18.4 Å². The number of carbonyl (C=O) groups is 2. The molecule has 2 N–H and O–H groups in total. The number of hydrogen-bond acceptors (Lipinski definition) is 4. The minimum Gasteiger partial charge on any atom is -0.494 e. The van der Waals surface area contributed by atoms with Gasteiger partial charge < -0.3 is 19.8 Å². The Labute approximate surface area is 188 Å². The van der Waals surface area contributed by atoms with Gasteiger partial charge in [-0.25, -0.2) is 0 Å². The number of furan rings is 1. The summed E-state index contributed by atoms with van der Waals surface area (Å²) in [6.07, 6.45) is 0.733. The highest BCUT2D eigenvalue weighted by Crippen LogP contribution is 2.37.